The van der Waals surface area contributed by atoms with E-state index in [1.165, 1.54) is 22.3 Å². The zero-order valence-corrected chi connectivity index (χ0v) is 66.2. The summed E-state index contributed by atoms with van der Waals surface area (Å²) in [6, 6.07) is 25.5. The Labute approximate surface area is 473 Å². The summed E-state index contributed by atoms with van der Waals surface area (Å²) in [7, 11) is -21.5. The summed E-state index contributed by atoms with van der Waals surface area (Å²) in [5, 5.41) is 19.8. The van der Waals surface area contributed by atoms with Gasteiger partial charge >= 0.3 is 478 Å². The molecular weight excluding hydrogens is 1100 g/mol. The third-order valence-corrected chi connectivity index (χ3v) is 61.3. The molecule has 0 aliphatic heterocycles. The third kappa shape index (κ3) is 10.6. The Bertz CT molecular complexity index is 2690. The fourth-order valence-corrected chi connectivity index (χ4v) is 85.4. The molecule has 0 amide bonds. The van der Waals surface area contributed by atoms with Crippen LogP contribution >= 0.6 is 0 Å². The summed E-state index contributed by atoms with van der Waals surface area (Å²) in [5.41, 5.74) is 3.26. The summed E-state index contributed by atoms with van der Waals surface area (Å²) in [4.78, 5) is 0. The molecule has 414 valence electrons. The molecule has 2 aromatic rings. The van der Waals surface area contributed by atoms with E-state index in [1.807, 2.05) is 52.0 Å². The molecule has 0 aromatic heterocycles. The molecule has 0 heterocycles. The van der Waals surface area contributed by atoms with Gasteiger partial charge in [0.25, 0.3) is 0 Å². The number of allylic oxidation sites excluding steroid dienone is 16. The first kappa shape index (κ1) is 63.4. The van der Waals surface area contributed by atoms with Crippen LogP contribution in [0.25, 0.3) is 0 Å². The Morgan fingerprint density at radius 1 is 0.280 bits per heavy atom. The normalized spacial score (nSPS) is 19.8. The average Bonchev–Trinajstić information content (AvgIpc) is 4.03. The monoisotopic (exact) mass is 1210 g/mol. The fourth-order valence-electron chi connectivity index (χ4n) is 16.5. The molecule has 0 atom stereocenters. The summed E-state index contributed by atoms with van der Waals surface area (Å²) >= 11 is -6.59. The molecule has 0 nitrogen and oxygen atoms in total. The average molecular weight is 1210 g/mol. The van der Waals surface area contributed by atoms with Gasteiger partial charge < -0.3 is 0 Å². The van der Waals surface area contributed by atoms with E-state index in [4.69, 9.17) is 0 Å². The van der Waals surface area contributed by atoms with Crippen LogP contribution in [0.2, 0.25) is 196 Å². The predicted molar refractivity (Wildman–Crippen MR) is 371 cm³/mol. The summed E-state index contributed by atoms with van der Waals surface area (Å²) < 4.78 is 10.8. The van der Waals surface area contributed by atoms with Crippen LogP contribution < -0.4 is 0 Å². The van der Waals surface area contributed by atoms with E-state index in [2.05, 4.69) is 285 Å². The van der Waals surface area contributed by atoms with Gasteiger partial charge in [-0.15, -0.1) is 0 Å². The van der Waals surface area contributed by atoms with Gasteiger partial charge in [-0.1, -0.05) is 0 Å². The Hall–Kier alpha value is -0.757. The molecule has 0 saturated heterocycles. The number of hydrogen-bond acceptors (Lipinski definition) is 0. The van der Waals surface area contributed by atoms with Crippen molar-refractivity contribution >= 4 is 80.7 Å². The maximum atomic E-state index is 3.01. The molecule has 0 N–H and O–H groups in total. The van der Waals surface area contributed by atoms with Gasteiger partial charge in [0.2, 0.25) is 0 Å². The molecule has 6 rings (SSSR count). The standard InChI is InChI=1S/2C14H29Si3.2C11H21Si2.2C7H7.Ti/c2*1-15(2,3)12-10-13(16(4,5)6)14(11-12)17(7,8)9;2*1-12(2,3)10-7-8-11(9-10)13(4,5)6;2*1-7-5-3-2-4-6-7;/h2*10H2,1-9H3;2*7H,8H2,1-6H3;2*2-6H,1H2;. The molecule has 0 bridgehead atoms. The zero-order chi connectivity index (χ0) is 57.4. The minimum atomic E-state index is -6.59. The van der Waals surface area contributed by atoms with Gasteiger partial charge in [0.1, 0.15) is 0 Å². The molecule has 0 radical (unpaired) electrons. The van der Waals surface area contributed by atoms with Gasteiger partial charge in [-0.3, -0.25) is 0 Å². The molecule has 0 saturated carbocycles. The Kier molecular flexibility index (Phi) is 16.4. The van der Waals surface area contributed by atoms with Gasteiger partial charge in [0.05, 0.1) is 0 Å². The second kappa shape index (κ2) is 19.4. The van der Waals surface area contributed by atoms with Gasteiger partial charge in [0.15, 0.2) is 0 Å². The quantitative estimate of drug-likeness (QED) is 0.131. The van der Waals surface area contributed by atoms with Crippen molar-refractivity contribution in [2.24, 2.45) is 0 Å². The molecule has 4 aliphatic carbocycles. The maximum absolute atomic E-state index is 6.59. The van der Waals surface area contributed by atoms with Gasteiger partial charge in [-0.25, -0.2) is 0 Å². The van der Waals surface area contributed by atoms with E-state index in [9.17, 15) is 0 Å². The van der Waals surface area contributed by atoms with Crippen LogP contribution in [-0.4, -0.2) is 80.7 Å². The molecule has 0 unspecified atom stereocenters. The third-order valence-electron chi connectivity index (χ3n) is 19.1. The molecule has 11 heteroatoms. The Morgan fingerprint density at radius 2 is 0.533 bits per heavy atom. The molecule has 2 aromatic carbocycles. The number of hydrogen-bond donors (Lipinski definition) is 0. The van der Waals surface area contributed by atoms with Crippen LogP contribution in [0.1, 0.15) is 36.8 Å². The molecule has 4 aliphatic rings. The molecule has 0 fully saturated rings. The predicted octanol–water partition coefficient (Wildman–Crippen LogP) is 21.5. The van der Waals surface area contributed by atoms with Crippen LogP contribution in [0, 0.1) is 0 Å². The zero-order valence-electron chi connectivity index (χ0n) is 54.7. The van der Waals surface area contributed by atoms with Crippen LogP contribution in [0.15, 0.2) is 140 Å². The summed E-state index contributed by atoms with van der Waals surface area (Å²) in [5.74, 6) is 0. The number of benzene rings is 2. The van der Waals surface area contributed by atoms with Gasteiger partial charge in [-0.2, -0.15) is 0 Å². The van der Waals surface area contributed by atoms with Crippen molar-refractivity contribution in [3.05, 3.63) is 151 Å². The summed E-state index contributed by atoms with van der Waals surface area (Å²) in [6.07, 6.45) is 10.8. The SMILES string of the molecule is C[Si](C)(C)C1=CCC([Si](C)(C)C)=[C]1[Ti]([CH2]c1ccccc1)([CH2]c1ccccc1)([C]1=C([Si](C)(C)C)CC=C1[Si](C)(C)C)([C]1=C([Si](C)(C)C)CC([Si](C)(C)C)=C1[Si](C)(C)C)[C]1=C([Si](C)(C)C)CC([Si](C)(C)C)=C1[Si](C)(C)C. The first-order valence-corrected chi connectivity index (χ1v) is 70.1. The van der Waals surface area contributed by atoms with E-state index in [0.29, 0.717) is 0 Å². The van der Waals surface area contributed by atoms with Gasteiger partial charge in [0, 0.05) is 0 Å². The van der Waals surface area contributed by atoms with E-state index in [-0.39, 0.29) is 0 Å². The Balaban J connectivity index is 2.55. The topological polar surface area (TPSA) is 0 Å². The van der Waals surface area contributed by atoms with Crippen molar-refractivity contribution in [1.82, 2.24) is 0 Å². The van der Waals surface area contributed by atoms with Crippen LogP contribution in [0.4, 0.5) is 0 Å². The second-order valence-electron chi connectivity index (χ2n) is 35.4. The van der Waals surface area contributed by atoms with Crippen LogP contribution in [0.3, 0.4) is 0 Å². The van der Waals surface area contributed by atoms with Crippen LogP contribution in [-0.2, 0) is 23.5 Å². The van der Waals surface area contributed by atoms with Crippen molar-refractivity contribution in [3.63, 3.8) is 0 Å². The van der Waals surface area contributed by atoms with E-state index in [1.54, 1.807) is 11.1 Å². The van der Waals surface area contributed by atoms with E-state index in [0.717, 1.165) is 12.8 Å². The number of rotatable bonds is 18. The van der Waals surface area contributed by atoms with Crippen molar-refractivity contribution < 1.29 is 14.0 Å². The first-order valence-electron chi connectivity index (χ1n) is 29.8. The van der Waals surface area contributed by atoms with Crippen molar-refractivity contribution in [1.29, 1.82) is 0 Å². The van der Waals surface area contributed by atoms with E-state index < -0.39 is 94.8 Å². The van der Waals surface area contributed by atoms with Crippen LogP contribution in [0.5, 0.6) is 0 Å². The second-order valence-corrected chi connectivity index (χ2v) is 97.8. The fraction of sp³-hybridized carbons (Fsp3) is 0.562. The molecule has 75 heavy (non-hydrogen) atoms. The van der Waals surface area contributed by atoms with Crippen molar-refractivity contribution in [2.45, 2.75) is 232 Å². The minimum absolute atomic E-state index is 1.14. The van der Waals surface area contributed by atoms with Gasteiger partial charge in [-0.05, 0) is 0 Å². The van der Waals surface area contributed by atoms with E-state index >= 15 is 0 Å². The summed E-state index contributed by atoms with van der Waals surface area (Å²) in [6.45, 7) is 85.0. The first-order chi connectivity index (χ1) is 33.5. The molecular formula is C64H114Si10Ti. The van der Waals surface area contributed by atoms with Crippen molar-refractivity contribution in [3.8, 4) is 0 Å². The van der Waals surface area contributed by atoms with Crippen molar-refractivity contribution in [2.75, 3.05) is 0 Å². The Morgan fingerprint density at radius 3 is 0.747 bits per heavy atom. The molecule has 0 spiro atoms.